The maximum absolute atomic E-state index is 13.1. The second-order valence-electron chi connectivity index (χ2n) is 7.20. The van der Waals surface area contributed by atoms with Crippen LogP contribution >= 0.6 is 11.6 Å². The lowest BCUT2D eigenvalue weighted by molar-refractivity contribution is 0.312. The van der Waals surface area contributed by atoms with Crippen LogP contribution in [0.1, 0.15) is 12.5 Å². The van der Waals surface area contributed by atoms with Gasteiger partial charge in [0.2, 0.25) is 11.5 Å². The first-order chi connectivity index (χ1) is 16.9. The minimum Gasteiger partial charge on any atom is -0.424 e. The van der Waals surface area contributed by atoms with E-state index in [1.165, 1.54) is 16.8 Å². The molecule has 2 aromatic carbocycles. The standard InChI is InChI=1S/C22H21ClN8O4/c1-2-29-21(32)30(13-14-3-5-15(23)6-4-14)20(31(24)22(29)33)27-16-7-9-17(10-8-16)34-19-26-12-11-18(28-19)35-25/h3-12H,2,13,24-25H2,1H3. The van der Waals surface area contributed by atoms with E-state index in [2.05, 4.69) is 19.8 Å². The minimum absolute atomic E-state index is 0.0237. The quantitative estimate of drug-likeness (QED) is 0.286. The van der Waals surface area contributed by atoms with E-state index in [0.29, 0.717) is 16.5 Å². The highest BCUT2D eigenvalue weighted by molar-refractivity contribution is 6.30. The van der Waals surface area contributed by atoms with Crippen molar-refractivity contribution in [1.29, 1.82) is 0 Å². The summed E-state index contributed by atoms with van der Waals surface area (Å²) in [5.74, 6) is 11.7. The van der Waals surface area contributed by atoms with Gasteiger partial charge in [-0.05, 0) is 48.9 Å². The van der Waals surface area contributed by atoms with Crippen molar-refractivity contribution in [3.05, 3.63) is 98.0 Å². The van der Waals surface area contributed by atoms with Crippen molar-refractivity contribution in [3.8, 4) is 17.6 Å². The van der Waals surface area contributed by atoms with Gasteiger partial charge in [-0.2, -0.15) is 15.6 Å². The molecule has 180 valence electrons. The normalized spacial score (nSPS) is 11.5. The third-order valence-electron chi connectivity index (χ3n) is 4.93. The van der Waals surface area contributed by atoms with Gasteiger partial charge in [-0.15, -0.1) is 0 Å². The van der Waals surface area contributed by atoms with Gasteiger partial charge >= 0.3 is 17.4 Å². The molecule has 12 nitrogen and oxygen atoms in total. The molecule has 2 aromatic heterocycles. The molecule has 0 amide bonds. The number of nitrogens with two attached hydrogens (primary N) is 2. The van der Waals surface area contributed by atoms with Crippen LogP contribution in [0.15, 0.2) is 75.4 Å². The molecule has 0 aliphatic heterocycles. The van der Waals surface area contributed by atoms with Crippen LogP contribution in [-0.4, -0.2) is 23.8 Å². The summed E-state index contributed by atoms with van der Waals surface area (Å²) in [4.78, 5) is 42.7. The van der Waals surface area contributed by atoms with Gasteiger partial charge in [0.15, 0.2) is 0 Å². The molecule has 0 fully saturated rings. The first-order valence-corrected chi connectivity index (χ1v) is 10.8. The third-order valence-corrected chi connectivity index (χ3v) is 5.18. The zero-order valence-corrected chi connectivity index (χ0v) is 19.3. The van der Waals surface area contributed by atoms with Crippen LogP contribution < -0.4 is 38.3 Å². The number of aromatic nitrogens is 5. The number of nitrogen functional groups attached to an aromatic ring is 1. The fourth-order valence-electron chi connectivity index (χ4n) is 3.20. The van der Waals surface area contributed by atoms with Crippen LogP contribution in [0.5, 0.6) is 17.6 Å². The highest BCUT2D eigenvalue weighted by Gasteiger charge is 2.13. The number of hydrogen-bond acceptors (Lipinski definition) is 9. The second-order valence-corrected chi connectivity index (χ2v) is 7.63. The smallest absolute Gasteiger partial charge is 0.353 e. The highest BCUT2D eigenvalue weighted by atomic mass is 35.5. The van der Waals surface area contributed by atoms with Crippen molar-refractivity contribution >= 4 is 17.3 Å². The van der Waals surface area contributed by atoms with Gasteiger partial charge in [0.25, 0.3) is 0 Å². The first kappa shape index (κ1) is 23.7. The van der Waals surface area contributed by atoms with Gasteiger partial charge in [0.05, 0.1) is 12.2 Å². The average Bonchev–Trinajstić information content (AvgIpc) is 2.87. The summed E-state index contributed by atoms with van der Waals surface area (Å²) in [6, 6.07) is 15.0. The second kappa shape index (κ2) is 10.2. The summed E-state index contributed by atoms with van der Waals surface area (Å²) < 4.78 is 8.78. The van der Waals surface area contributed by atoms with Crippen LogP contribution in [0.25, 0.3) is 0 Å². The van der Waals surface area contributed by atoms with Crippen LogP contribution in [0.2, 0.25) is 5.02 Å². The largest absolute Gasteiger partial charge is 0.424 e. The lowest BCUT2D eigenvalue weighted by Crippen LogP contribution is -2.57. The van der Waals surface area contributed by atoms with Crippen LogP contribution in [0.4, 0.5) is 5.69 Å². The molecule has 0 unspecified atom stereocenters. The number of nitrogens with zero attached hydrogens (tertiary/aromatic N) is 6. The van der Waals surface area contributed by atoms with E-state index in [1.807, 2.05) is 0 Å². The Kier molecular flexibility index (Phi) is 6.94. The third kappa shape index (κ3) is 5.23. The number of halogens is 1. The molecule has 35 heavy (non-hydrogen) atoms. The summed E-state index contributed by atoms with van der Waals surface area (Å²) in [5.41, 5.74) is -0.0322. The predicted octanol–water partition coefficient (Wildman–Crippen LogP) is 1.31. The monoisotopic (exact) mass is 496 g/mol. The Morgan fingerprint density at radius 3 is 2.37 bits per heavy atom. The van der Waals surface area contributed by atoms with Crippen molar-refractivity contribution in [2.24, 2.45) is 10.9 Å². The lowest BCUT2D eigenvalue weighted by Gasteiger charge is -2.13. The molecule has 4 aromatic rings. The summed E-state index contributed by atoms with van der Waals surface area (Å²) in [7, 11) is 0. The Bertz CT molecular complexity index is 1530. The predicted molar refractivity (Wildman–Crippen MR) is 128 cm³/mol. The van der Waals surface area contributed by atoms with E-state index in [1.54, 1.807) is 55.5 Å². The topological polar surface area (TPSA) is 158 Å². The van der Waals surface area contributed by atoms with Gasteiger partial charge in [-0.3, -0.25) is 4.57 Å². The fourth-order valence-corrected chi connectivity index (χ4v) is 3.33. The van der Waals surface area contributed by atoms with Crippen LogP contribution in [0.3, 0.4) is 0 Å². The zero-order valence-electron chi connectivity index (χ0n) is 18.5. The van der Waals surface area contributed by atoms with Gasteiger partial charge < -0.3 is 15.4 Å². The Morgan fingerprint density at radius 2 is 1.71 bits per heavy atom. The van der Waals surface area contributed by atoms with Crippen molar-refractivity contribution < 1.29 is 9.57 Å². The Morgan fingerprint density at radius 1 is 1.00 bits per heavy atom. The van der Waals surface area contributed by atoms with Crippen molar-refractivity contribution in [2.75, 3.05) is 5.84 Å². The van der Waals surface area contributed by atoms with Gasteiger partial charge in [-0.25, -0.2) is 24.1 Å². The van der Waals surface area contributed by atoms with Gasteiger partial charge in [0, 0.05) is 23.8 Å². The van der Waals surface area contributed by atoms with E-state index in [0.717, 1.165) is 14.8 Å². The number of benzene rings is 2. The molecule has 0 spiro atoms. The molecule has 0 radical (unpaired) electrons. The summed E-state index contributed by atoms with van der Waals surface area (Å²) in [5, 5.41) is 0.563. The van der Waals surface area contributed by atoms with Crippen molar-refractivity contribution in [3.63, 3.8) is 0 Å². The van der Waals surface area contributed by atoms with E-state index in [4.69, 9.17) is 28.1 Å². The van der Waals surface area contributed by atoms with Crippen LogP contribution in [-0.2, 0) is 13.1 Å². The Labute approximate surface area is 203 Å². The van der Waals surface area contributed by atoms with E-state index in [9.17, 15) is 9.59 Å². The molecular weight excluding hydrogens is 476 g/mol. The Hall–Kier alpha value is -4.42. The fraction of sp³-hybridized carbons (Fsp3) is 0.136. The molecule has 0 aliphatic carbocycles. The maximum Gasteiger partial charge on any atom is 0.353 e. The molecule has 2 heterocycles. The van der Waals surface area contributed by atoms with Crippen molar-refractivity contribution in [2.45, 2.75) is 20.0 Å². The molecule has 13 heteroatoms. The first-order valence-electron chi connectivity index (χ1n) is 10.4. The molecule has 0 saturated carbocycles. The summed E-state index contributed by atoms with van der Waals surface area (Å²) >= 11 is 5.97. The highest BCUT2D eigenvalue weighted by Crippen LogP contribution is 2.22. The van der Waals surface area contributed by atoms with Crippen molar-refractivity contribution in [1.82, 2.24) is 23.8 Å². The van der Waals surface area contributed by atoms with Crippen LogP contribution in [0, 0.1) is 0 Å². The molecule has 0 aliphatic rings. The molecule has 0 atom stereocenters. The van der Waals surface area contributed by atoms with Gasteiger partial charge in [0.1, 0.15) is 5.75 Å². The zero-order chi connectivity index (χ0) is 24.9. The molecule has 0 saturated heterocycles. The summed E-state index contributed by atoms with van der Waals surface area (Å²) in [6.45, 7) is 1.97. The summed E-state index contributed by atoms with van der Waals surface area (Å²) in [6.07, 6.45) is 1.44. The van der Waals surface area contributed by atoms with E-state index < -0.39 is 11.4 Å². The van der Waals surface area contributed by atoms with E-state index in [-0.39, 0.29) is 30.6 Å². The molecule has 4 N–H and O–H groups in total. The lowest BCUT2D eigenvalue weighted by atomic mass is 10.2. The number of rotatable bonds is 7. The van der Waals surface area contributed by atoms with E-state index >= 15 is 0 Å². The number of hydrogen-bond donors (Lipinski definition) is 2. The average molecular weight is 497 g/mol. The maximum atomic E-state index is 13.1. The minimum atomic E-state index is -0.678. The van der Waals surface area contributed by atoms with Gasteiger partial charge in [-0.1, -0.05) is 23.7 Å². The Balaban J connectivity index is 1.74. The molecule has 0 bridgehead atoms. The molecular formula is C22H21ClN8O4. The number of ether oxygens (including phenoxy) is 1. The molecule has 4 rings (SSSR count). The SMILES string of the molecule is CCn1c(=O)n(N)c(=Nc2ccc(Oc3nccc(ON)n3)cc2)n(Cc2ccc(Cl)cc2)c1=O.